The Hall–Kier alpha value is -1.69. The second-order valence-electron chi connectivity index (χ2n) is 7.50. The van der Waals surface area contributed by atoms with Crippen LogP contribution >= 0.6 is 0 Å². The highest BCUT2D eigenvalue weighted by Gasteiger charge is 2.56. The van der Waals surface area contributed by atoms with Gasteiger partial charge in [0.1, 0.15) is 0 Å². The van der Waals surface area contributed by atoms with Gasteiger partial charge in [-0.15, -0.1) is 0 Å². The molecule has 1 saturated carbocycles. The molecule has 1 aromatic heterocycles. The molecule has 0 bridgehead atoms. The van der Waals surface area contributed by atoms with E-state index in [1.165, 1.54) is 12.8 Å². The van der Waals surface area contributed by atoms with E-state index in [0.717, 1.165) is 51.5 Å². The van der Waals surface area contributed by atoms with Crippen molar-refractivity contribution >= 4 is 11.9 Å². The molecular weight excluding hydrogens is 302 g/mol. The van der Waals surface area contributed by atoms with Crippen LogP contribution in [0.3, 0.4) is 0 Å². The summed E-state index contributed by atoms with van der Waals surface area (Å²) in [5, 5.41) is 3.26. The monoisotopic (exact) mass is 329 g/mol. The number of rotatable bonds is 5. The quantitative estimate of drug-likeness (QED) is 0.882. The van der Waals surface area contributed by atoms with E-state index in [0.29, 0.717) is 5.92 Å². The molecule has 4 rings (SSSR count). The largest absolute Gasteiger partial charge is 0.355 e. The number of carbonyl (C=O) groups excluding carboxylic acids is 1. The highest BCUT2D eigenvalue weighted by Crippen LogP contribution is 2.43. The smallest absolute Gasteiger partial charge is 0.229 e. The lowest BCUT2D eigenvalue weighted by Crippen LogP contribution is -2.59. The molecule has 1 amide bonds. The zero-order valence-electron chi connectivity index (χ0n) is 14.4. The number of nitrogens with one attached hydrogen (secondary N) is 1. The summed E-state index contributed by atoms with van der Waals surface area (Å²) in [6.07, 6.45) is 8.09. The van der Waals surface area contributed by atoms with Gasteiger partial charge in [-0.25, -0.2) is 9.97 Å². The molecule has 3 fully saturated rings. The topological polar surface area (TPSA) is 61.4 Å². The van der Waals surface area contributed by atoms with Crippen LogP contribution in [0.5, 0.6) is 0 Å². The van der Waals surface area contributed by atoms with Crippen molar-refractivity contribution in [3.8, 4) is 0 Å². The number of piperidine rings is 1. The minimum Gasteiger partial charge on any atom is -0.355 e. The third-order valence-corrected chi connectivity index (χ3v) is 5.93. The summed E-state index contributed by atoms with van der Waals surface area (Å²) in [5.41, 5.74) is -0.317. The highest BCUT2D eigenvalue weighted by molar-refractivity contribution is 5.85. The normalized spacial score (nSPS) is 30.2. The van der Waals surface area contributed by atoms with E-state index in [2.05, 4.69) is 32.0 Å². The molecule has 1 aromatic rings. The van der Waals surface area contributed by atoms with Gasteiger partial charge in [-0.1, -0.05) is 6.92 Å². The lowest BCUT2D eigenvalue weighted by atomic mass is 9.74. The summed E-state index contributed by atoms with van der Waals surface area (Å²) in [6.45, 7) is 6.72. The van der Waals surface area contributed by atoms with Crippen molar-refractivity contribution < 1.29 is 4.79 Å². The molecule has 0 radical (unpaired) electrons. The lowest BCUT2D eigenvalue weighted by molar-refractivity contribution is -0.132. The number of fused-ring (bicyclic) bond motifs is 1. The van der Waals surface area contributed by atoms with E-state index in [1.54, 1.807) is 12.4 Å². The van der Waals surface area contributed by atoms with Crippen molar-refractivity contribution in [2.75, 3.05) is 37.6 Å². The van der Waals surface area contributed by atoms with Gasteiger partial charge in [0.05, 0.1) is 11.5 Å². The Morgan fingerprint density at radius 1 is 1.38 bits per heavy atom. The van der Waals surface area contributed by atoms with E-state index >= 15 is 0 Å². The molecular formula is C18H27N5O. The number of nitrogens with zero attached hydrogens (tertiary/aromatic N) is 4. The van der Waals surface area contributed by atoms with Gasteiger partial charge in [-0.3, -0.25) is 4.79 Å². The van der Waals surface area contributed by atoms with Crippen LogP contribution in [0, 0.1) is 11.3 Å². The molecule has 130 valence electrons. The molecule has 6 heteroatoms. The van der Waals surface area contributed by atoms with Gasteiger partial charge in [0.25, 0.3) is 0 Å². The number of hydrogen-bond donors (Lipinski definition) is 1. The standard InChI is InChI=1S/C18H27N5O/c1-2-22-12-15-18(13-22,16(24)21-11-14-5-6-14)7-3-10-23(15)17-19-8-4-9-20-17/h4,8-9,14-15H,2-3,5-7,10-13H2,1H3,(H,21,24)/t15-,18-/m1/s1. The van der Waals surface area contributed by atoms with Crippen LogP contribution in [0.15, 0.2) is 18.5 Å². The number of anilines is 1. The second-order valence-corrected chi connectivity index (χ2v) is 7.50. The first-order valence-electron chi connectivity index (χ1n) is 9.27. The van der Waals surface area contributed by atoms with Crippen molar-refractivity contribution in [1.29, 1.82) is 0 Å². The Bertz CT molecular complexity index is 590. The summed E-state index contributed by atoms with van der Waals surface area (Å²) in [6, 6.07) is 2.02. The number of carbonyl (C=O) groups is 1. The summed E-state index contributed by atoms with van der Waals surface area (Å²) in [4.78, 5) is 26.8. The van der Waals surface area contributed by atoms with Crippen molar-refractivity contribution in [2.24, 2.45) is 11.3 Å². The average molecular weight is 329 g/mol. The average Bonchev–Trinajstić information content (AvgIpc) is 3.37. The fraction of sp³-hybridized carbons (Fsp3) is 0.722. The van der Waals surface area contributed by atoms with Gasteiger partial charge >= 0.3 is 0 Å². The Labute approximate surface area is 143 Å². The van der Waals surface area contributed by atoms with Crippen molar-refractivity contribution in [3.63, 3.8) is 0 Å². The van der Waals surface area contributed by atoms with Crippen LogP contribution in [0.25, 0.3) is 0 Å². The van der Waals surface area contributed by atoms with Gasteiger partial charge in [0, 0.05) is 38.6 Å². The molecule has 1 N–H and O–H groups in total. The maximum atomic E-state index is 13.2. The summed E-state index contributed by atoms with van der Waals surface area (Å²) < 4.78 is 0. The molecule has 1 aliphatic carbocycles. The lowest BCUT2D eigenvalue weighted by Gasteiger charge is -2.44. The molecule has 24 heavy (non-hydrogen) atoms. The van der Waals surface area contributed by atoms with Crippen LogP contribution in [-0.4, -0.2) is 59.5 Å². The highest BCUT2D eigenvalue weighted by atomic mass is 16.2. The van der Waals surface area contributed by atoms with Crippen LogP contribution in [0.1, 0.15) is 32.6 Å². The third kappa shape index (κ3) is 2.77. The van der Waals surface area contributed by atoms with E-state index in [9.17, 15) is 4.79 Å². The predicted octanol–water partition coefficient (Wildman–Crippen LogP) is 1.29. The molecule has 2 aliphatic heterocycles. The first-order valence-corrected chi connectivity index (χ1v) is 9.27. The first kappa shape index (κ1) is 15.8. The van der Waals surface area contributed by atoms with E-state index in [1.807, 2.05) is 6.07 Å². The Morgan fingerprint density at radius 2 is 2.17 bits per heavy atom. The summed E-state index contributed by atoms with van der Waals surface area (Å²) in [5.74, 6) is 1.72. The molecule has 2 saturated heterocycles. The van der Waals surface area contributed by atoms with Crippen molar-refractivity contribution in [3.05, 3.63) is 18.5 Å². The number of amides is 1. The van der Waals surface area contributed by atoms with Gasteiger partial charge in [0.2, 0.25) is 11.9 Å². The Morgan fingerprint density at radius 3 is 2.88 bits per heavy atom. The predicted molar refractivity (Wildman–Crippen MR) is 92.7 cm³/mol. The van der Waals surface area contributed by atoms with Gasteiger partial charge in [0.15, 0.2) is 0 Å². The van der Waals surface area contributed by atoms with Crippen LogP contribution in [0.2, 0.25) is 0 Å². The molecule has 6 nitrogen and oxygen atoms in total. The van der Waals surface area contributed by atoms with Gasteiger partial charge in [-0.05, 0) is 44.2 Å². The van der Waals surface area contributed by atoms with Crippen molar-refractivity contribution in [1.82, 2.24) is 20.2 Å². The Balaban J connectivity index is 1.60. The van der Waals surface area contributed by atoms with Crippen LogP contribution in [-0.2, 0) is 4.79 Å². The molecule has 3 heterocycles. The minimum absolute atomic E-state index is 0.174. The fourth-order valence-corrected chi connectivity index (χ4v) is 4.34. The Kier molecular flexibility index (Phi) is 4.16. The van der Waals surface area contributed by atoms with Crippen molar-refractivity contribution in [2.45, 2.75) is 38.6 Å². The SMILES string of the molecule is CCN1C[C@H]2N(c3ncccn3)CCC[C@@]2(C(=O)NCC2CC2)C1. The van der Waals surface area contributed by atoms with Gasteiger partial charge in [-0.2, -0.15) is 0 Å². The minimum atomic E-state index is -0.317. The zero-order valence-corrected chi connectivity index (χ0v) is 14.4. The number of likely N-dealkylation sites (tertiary alicyclic amines) is 1. The number of aromatic nitrogens is 2. The molecule has 3 aliphatic rings. The molecule has 0 aromatic carbocycles. The van der Waals surface area contributed by atoms with E-state index < -0.39 is 0 Å². The maximum Gasteiger partial charge on any atom is 0.229 e. The van der Waals surface area contributed by atoms with E-state index in [-0.39, 0.29) is 17.4 Å². The first-order chi connectivity index (χ1) is 11.7. The maximum absolute atomic E-state index is 13.2. The molecule has 0 unspecified atom stereocenters. The van der Waals surface area contributed by atoms with Gasteiger partial charge < -0.3 is 15.1 Å². The second kappa shape index (κ2) is 6.31. The summed E-state index contributed by atoms with van der Waals surface area (Å²) >= 11 is 0. The number of likely N-dealkylation sites (N-methyl/N-ethyl adjacent to an activating group) is 1. The zero-order chi connectivity index (χ0) is 16.6. The van der Waals surface area contributed by atoms with Crippen LogP contribution < -0.4 is 10.2 Å². The summed E-state index contributed by atoms with van der Waals surface area (Å²) in [7, 11) is 0. The fourth-order valence-electron chi connectivity index (χ4n) is 4.34. The number of hydrogen-bond acceptors (Lipinski definition) is 5. The van der Waals surface area contributed by atoms with Crippen LogP contribution in [0.4, 0.5) is 5.95 Å². The third-order valence-electron chi connectivity index (χ3n) is 5.93. The molecule has 0 spiro atoms. The van der Waals surface area contributed by atoms with E-state index in [4.69, 9.17) is 0 Å². The molecule has 2 atom stereocenters.